The standard InChI is InChI=1S/C10H17N3OS/c1-4-11-8-6-7-12-10(3,13-8)9(15)14-5-2/h6-7,12H,4-5H2,1-3H3,(H,11,13). The number of hydrogen-bond acceptors (Lipinski definition) is 5. The van der Waals surface area contributed by atoms with Crippen LogP contribution in [0.5, 0.6) is 0 Å². The zero-order valence-electron chi connectivity index (χ0n) is 9.33. The van der Waals surface area contributed by atoms with Gasteiger partial charge in [-0.3, -0.25) is 0 Å². The Morgan fingerprint density at radius 1 is 1.67 bits per heavy atom. The molecule has 1 aliphatic heterocycles. The molecule has 0 spiro atoms. The predicted molar refractivity (Wildman–Crippen MR) is 66.0 cm³/mol. The highest BCUT2D eigenvalue weighted by Gasteiger charge is 2.31. The zero-order valence-corrected chi connectivity index (χ0v) is 10.1. The van der Waals surface area contributed by atoms with Crippen molar-refractivity contribution in [2.24, 2.45) is 4.99 Å². The summed E-state index contributed by atoms with van der Waals surface area (Å²) in [5.74, 6) is 0.820. The molecule has 0 saturated carbocycles. The summed E-state index contributed by atoms with van der Waals surface area (Å²) in [4.78, 5) is 4.46. The van der Waals surface area contributed by atoms with Crippen LogP contribution in [-0.4, -0.2) is 29.7 Å². The van der Waals surface area contributed by atoms with Crippen LogP contribution in [0.25, 0.3) is 0 Å². The summed E-state index contributed by atoms with van der Waals surface area (Å²) in [6.45, 7) is 7.22. The molecule has 0 aromatic heterocycles. The summed E-state index contributed by atoms with van der Waals surface area (Å²) >= 11 is 5.17. The van der Waals surface area contributed by atoms with Gasteiger partial charge in [0.15, 0.2) is 5.66 Å². The monoisotopic (exact) mass is 227 g/mol. The molecule has 5 heteroatoms. The quantitative estimate of drug-likeness (QED) is 0.711. The van der Waals surface area contributed by atoms with E-state index in [1.54, 1.807) is 0 Å². The molecule has 0 aromatic rings. The van der Waals surface area contributed by atoms with Crippen LogP contribution in [-0.2, 0) is 4.74 Å². The van der Waals surface area contributed by atoms with Gasteiger partial charge in [0.2, 0.25) is 5.05 Å². The lowest BCUT2D eigenvalue weighted by Gasteiger charge is -2.29. The van der Waals surface area contributed by atoms with E-state index in [0.717, 1.165) is 12.4 Å². The number of likely N-dealkylation sites (N-methyl/N-ethyl adjacent to an activating group) is 1. The van der Waals surface area contributed by atoms with Gasteiger partial charge < -0.3 is 15.4 Å². The Morgan fingerprint density at radius 3 is 3.00 bits per heavy atom. The van der Waals surface area contributed by atoms with Crippen molar-refractivity contribution in [3.63, 3.8) is 0 Å². The van der Waals surface area contributed by atoms with Gasteiger partial charge in [0.05, 0.1) is 6.61 Å². The maximum absolute atomic E-state index is 5.31. The number of thiocarbonyl (C=S) groups is 1. The average Bonchev–Trinajstić information content (AvgIpc) is 2.19. The Bertz CT molecular complexity index is 301. The van der Waals surface area contributed by atoms with Crippen LogP contribution < -0.4 is 10.6 Å². The van der Waals surface area contributed by atoms with Crippen molar-refractivity contribution < 1.29 is 4.74 Å². The Kier molecular flexibility index (Phi) is 4.08. The van der Waals surface area contributed by atoms with Gasteiger partial charge in [-0.15, -0.1) is 0 Å². The highest BCUT2D eigenvalue weighted by molar-refractivity contribution is 7.80. The molecule has 1 rings (SSSR count). The first-order valence-corrected chi connectivity index (χ1v) is 5.48. The van der Waals surface area contributed by atoms with Crippen molar-refractivity contribution in [2.75, 3.05) is 13.2 Å². The van der Waals surface area contributed by atoms with Crippen molar-refractivity contribution in [3.05, 3.63) is 12.3 Å². The first-order chi connectivity index (χ1) is 7.12. The number of ether oxygens (including phenoxy) is 1. The fourth-order valence-corrected chi connectivity index (χ4v) is 1.47. The highest BCUT2D eigenvalue weighted by Crippen LogP contribution is 2.14. The third-order valence-corrected chi connectivity index (χ3v) is 2.50. The number of amidine groups is 1. The van der Waals surface area contributed by atoms with E-state index >= 15 is 0 Å². The maximum Gasteiger partial charge on any atom is 0.208 e. The van der Waals surface area contributed by atoms with E-state index in [-0.39, 0.29) is 0 Å². The smallest absolute Gasteiger partial charge is 0.208 e. The van der Waals surface area contributed by atoms with E-state index < -0.39 is 5.66 Å². The first kappa shape index (κ1) is 12.0. The van der Waals surface area contributed by atoms with Crippen molar-refractivity contribution in [1.82, 2.24) is 10.6 Å². The largest absolute Gasteiger partial charge is 0.484 e. The lowest BCUT2D eigenvalue weighted by atomic mass is 10.2. The molecule has 15 heavy (non-hydrogen) atoms. The second-order valence-electron chi connectivity index (χ2n) is 3.30. The lowest BCUT2D eigenvalue weighted by molar-refractivity contribution is 0.296. The zero-order chi connectivity index (χ0) is 11.3. The molecular weight excluding hydrogens is 210 g/mol. The van der Waals surface area contributed by atoms with Crippen LogP contribution in [0.4, 0.5) is 0 Å². The van der Waals surface area contributed by atoms with Crippen LogP contribution in [0.2, 0.25) is 0 Å². The van der Waals surface area contributed by atoms with E-state index in [0.29, 0.717) is 11.7 Å². The Balaban J connectivity index is 2.77. The average molecular weight is 227 g/mol. The highest BCUT2D eigenvalue weighted by atomic mass is 32.1. The molecule has 2 N–H and O–H groups in total. The molecular formula is C10H17N3OS. The fraction of sp³-hybridized carbons (Fsp3) is 0.600. The number of hydrogen-bond donors (Lipinski definition) is 2. The van der Waals surface area contributed by atoms with Gasteiger partial charge in [-0.2, -0.15) is 0 Å². The minimum atomic E-state index is -0.641. The van der Waals surface area contributed by atoms with Crippen molar-refractivity contribution in [2.45, 2.75) is 26.4 Å². The third-order valence-electron chi connectivity index (χ3n) is 1.98. The number of nitrogens with one attached hydrogen (secondary N) is 2. The minimum absolute atomic E-state index is 0.463. The first-order valence-electron chi connectivity index (χ1n) is 5.07. The molecule has 0 fully saturated rings. The van der Waals surface area contributed by atoms with Crippen LogP contribution >= 0.6 is 12.2 Å². The Labute approximate surface area is 95.8 Å². The van der Waals surface area contributed by atoms with Crippen molar-refractivity contribution >= 4 is 23.1 Å². The summed E-state index contributed by atoms with van der Waals surface area (Å²) < 4.78 is 5.31. The molecule has 4 nitrogen and oxygen atoms in total. The Hall–Kier alpha value is -1.10. The Morgan fingerprint density at radius 2 is 2.40 bits per heavy atom. The van der Waals surface area contributed by atoms with Gasteiger partial charge >= 0.3 is 0 Å². The topological polar surface area (TPSA) is 45.7 Å². The van der Waals surface area contributed by atoms with Crippen LogP contribution in [0.3, 0.4) is 0 Å². The van der Waals surface area contributed by atoms with Crippen LogP contribution in [0.1, 0.15) is 20.8 Å². The second kappa shape index (κ2) is 5.11. The molecule has 0 aromatic carbocycles. The minimum Gasteiger partial charge on any atom is -0.484 e. The third kappa shape index (κ3) is 2.92. The number of nitrogens with zero attached hydrogens (tertiary/aromatic N) is 1. The molecule has 84 valence electrons. The van der Waals surface area contributed by atoms with E-state index in [1.165, 1.54) is 0 Å². The normalized spacial score (nSPS) is 24.1. The molecule has 1 aliphatic rings. The van der Waals surface area contributed by atoms with Crippen molar-refractivity contribution in [3.8, 4) is 0 Å². The van der Waals surface area contributed by atoms with E-state index in [9.17, 15) is 0 Å². The molecule has 0 bridgehead atoms. The van der Waals surface area contributed by atoms with E-state index in [2.05, 4.69) is 15.6 Å². The predicted octanol–water partition coefficient (Wildman–Crippen LogP) is 1.19. The van der Waals surface area contributed by atoms with Gasteiger partial charge in [0.25, 0.3) is 0 Å². The van der Waals surface area contributed by atoms with Gasteiger partial charge in [0, 0.05) is 12.7 Å². The molecule has 0 radical (unpaired) electrons. The van der Waals surface area contributed by atoms with E-state index in [1.807, 2.05) is 33.0 Å². The summed E-state index contributed by atoms with van der Waals surface area (Å²) in [5.41, 5.74) is -0.641. The molecule has 0 saturated heterocycles. The SMILES string of the molecule is CCNC1=NC(C)(C(=S)OCC)NC=C1. The molecule has 1 heterocycles. The fourth-order valence-electron chi connectivity index (χ4n) is 1.25. The lowest BCUT2D eigenvalue weighted by Crippen LogP contribution is -2.49. The van der Waals surface area contributed by atoms with E-state index in [4.69, 9.17) is 17.0 Å². The summed E-state index contributed by atoms with van der Waals surface area (Å²) in [5, 5.41) is 6.70. The molecule has 0 amide bonds. The van der Waals surface area contributed by atoms with Gasteiger partial charge in [0.1, 0.15) is 5.84 Å². The summed E-state index contributed by atoms with van der Waals surface area (Å²) in [7, 11) is 0. The van der Waals surface area contributed by atoms with Gasteiger partial charge in [-0.1, -0.05) is 0 Å². The number of aliphatic imine (C=N–C) groups is 1. The van der Waals surface area contributed by atoms with Gasteiger partial charge in [-0.05, 0) is 39.1 Å². The molecule has 1 unspecified atom stereocenters. The van der Waals surface area contributed by atoms with Crippen LogP contribution in [0, 0.1) is 0 Å². The molecule has 0 aliphatic carbocycles. The summed E-state index contributed by atoms with van der Waals surface area (Å²) in [6, 6.07) is 0. The van der Waals surface area contributed by atoms with Crippen LogP contribution in [0.15, 0.2) is 17.3 Å². The van der Waals surface area contributed by atoms with Gasteiger partial charge in [-0.25, -0.2) is 4.99 Å². The second-order valence-corrected chi connectivity index (χ2v) is 3.67. The summed E-state index contributed by atoms with van der Waals surface area (Å²) in [6.07, 6.45) is 3.70. The maximum atomic E-state index is 5.31. The van der Waals surface area contributed by atoms with Crippen molar-refractivity contribution in [1.29, 1.82) is 0 Å². The number of rotatable bonds is 3. The molecule has 1 atom stereocenters.